The highest BCUT2D eigenvalue weighted by Gasteiger charge is 2.31. The van der Waals surface area contributed by atoms with Gasteiger partial charge in [-0.1, -0.05) is 43.2 Å². The van der Waals surface area contributed by atoms with Gasteiger partial charge in [0.2, 0.25) is 5.91 Å². The first-order chi connectivity index (χ1) is 9.72. The third-order valence-corrected chi connectivity index (χ3v) is 4.03. The van der Waals surface area contributed by atoms with E-state index in [4.69, 9.17) is 5.73 Å². The third-order valence-electron chi connectivity index (χ3n) is 4.03. The Balaban J connectivity index is 2.05. The van der Waals surface area contributed by atoms with Crippen LogP contribution in [0.25, 0.3) is 0 Å². The summed E-state index contributed by atoms with van der Waals surface area (Å²) in [4.78, 5) is 14.4. The van der Waals surface area contributed by atoms with Crippen molar-refractivity contribution in [2.75, 3.05) is 13.2 Å². The van der Waals surface area contributed by atoms with E-state index in [1.807, 2.05) is 30.3 Å². The summed E-state index contributed by atoms with van der Waals surface area (Å²) in [5.74, 6) is 0.00844. The summed E-state index contributed by atoms with van der Waals surface area (Å²) < 4.78 is 0. The van der Waals surface area contributed by atoms with Gasteiger partial charge in [0.05, 0.1) is 12.5 Å². The molecule has 110 valence electrons. The Morgan fingerprint density at radius 2 is 1.95 bits per heavy atom. The highest BCUT2D eigenvalue weighted by atomic mass is 16.3. The van der Waals surface area contributed by atoms with Crippen molar-refractivity contribution >= 4 is 5.91 Å². The second kappa shape index (κ2) is 7.41. The molecule has 1 amide bonds. The van der Waals surface area contributed by atoms with Crippen molar-refractivity contribution in [2.24, 2.45) is 11.7 Å². The van der Waals surface area contributed by atoms with Crippen LogP contribution in [0.15, 0.2) is 30.3 Å². The zero-order valence-electron chi connectivity index (χ0n) is 11.9. The number of benzene rings is 1. The molecule has 0 spiro atoms. The van der Waals surface area contributed by atoms with Gasteiger partial charge in [0, 0.05) is 19.1 Å². The first-order valence-corrected chi connectivity index (χ1v) is 7.41. The quantitative estimate of drug-likeness (QED) is 0.857. The summed E-state index contributed by atoms with van der Waals surface area (Å²) in [5.41, 5.74) is 7.18. The lowest BCUT2D eigenvalue weighted by Crippen LogP contribution is -2.46. The zero-order chi connectivity index (χ0) is 14.4. The number of hydrogen-bond donors (Lipinski definition) is 2. The third kappa shape index (κ3) is 3.81. The number of rotatable bonds is 5. The van der Waals surface area contributed by atoms with E-state index in [0.29, 0.717) is 13.1 Å². The molecule has 2 unspecified atom stereocenters. The zero-order valence-corrected chi connectivity index (χ0v) is 11.9. The molecule has 0 heterocycles. The van der Waals surface area contributed by atoms with Gasteiger partial charge in [-0.25, -0.2) is 0 Å². The lowest BCUT2D eigenvalue weighted by atomic mass is 9.84. The van der Waals surface area contributed by atoms with Gasteiger partial charge in [0.25, 0.3) is 0 Å². The number of hydrogen-bond acceptors (Lipinski definition) is 3. The summed E-state index contributed by atoms with van der Waals surface area (Å²) in [6.45, 7) is 0.904. The van der Waals surface area contributed by atoms with Crippen LogP contribution >= 0.6 is 0 Å². The standard InChI is InChI=1S/C16H24N2O2/c17-15-9-5-4-8-14(15)16(20)18(10-11-19)12-13-6-2-1-3-7-13/h1-3,6-7,14-15,19H,4-5,8-12,17H2. The Morgan fingerprint density at radius 1 is 1.25 bits per heavy atom. The van der Waals surface area contributed by atoms with Crippen LogP contribution in [-0.4, -0.2) is 35.1 Å². The maximum absolute atomic E-state index is 12.6. The number of amides is 1. The minimum absolute atomic E-state index is 0.0134. The Labute approximate surface area is 120 Å². The summed E-state index contributed by atoms with van der Waals surface area (Å²) in [6, 6.07) is 9.84. The fraction of sp³-hybridized carbons (Fsp3) is 0.562. The van der Waals surface area contributed by atoms with Gasteiger partial charge in [-0.15, -0.1) is 0 Å². The van der Waals surface area contributed by atoms with Crippen LogP contribution in [0.3, 0.4) is 0 Å². The van der Waals surface area contributed by atoms with Crippen molar-refractivity contribution in [3.8, 4) is 0 Å². The lowest BCUT2D eigenvalue weighted by molar-refractivity contribution is -0.138. The Hall–Kier alpha value is -1.39. The van der Waals surface area contributed by atoms with Crippen LogP contribution in [0.5, 0.6) is 0 Å². The molecule has 1 aromatic carbocycles. The molecule has 0 aromatic heterocycles. The fourth-order valence-corrected chi connectivity index (χ4v) is 2.89. The SMILES string of the molecule is NC1CCCCC1C(=O)N(CCO)Cc1ccccc1. The molecular formula is C16H24N2O2. The fourth-order valence-electron chi connectivity index (χ4n) is 2.89. The number of aliphatic hydroxyl groups excluding tert-OH is 1. The Morgan fingerprint density at radius 3 is 2.60 bits per heavy atom. The average Bonchev–Trinajstić information content (AvgIpc) is 2.48. The molecule has 0 saturated heterocycles. The lowest BCUT2D eigenvalue weighted by Gasteiger charge is -2.32. The average molecular weight is 276 g/mol. The summed E-state index contributed by atoms with van der Waals surface area (Å²) >= 11 is 0. The summed E-state index contributed by atoms with van der Waals surface area (Å²) in [7, 11) is 0. The molecule has 4 heteroatoms. The molecule has 0 aliphatic heterocycles. The van der Waals surface area contributed by atoms with Gasteiger partial charge in [0.1, 0.15) is 0 Å². The van der Waals surface area contributed by atoms with E-state index in [9.17, 15) is 9.90 Å². The van der Waals surface area contributed by atoms with E-state index in [-0.39, 0.29) is 24.5 Å². The normalized spacial score (nSPS) is 22.5. The van der Waals surface area contributed by atoms with Crippen LogP contribution in [0, 0.1) is 5.92 Å². The van der Waals surface area contributed by atoms with Crippen LogP contribution < -0.4 is 5.73 Å². The minimum atomic E-state index is -0.0842. The van der Waals surface area contributed by atoms with Crippen LogP contribution in [0.4, 0.5) is 0 Å². The molecule has 0 bridgehead atoms. The van der Waals surface area contributed by atoms with Crippen LogP contribution in [0.2, 0.25) is 0 Å². The van der Waals surface area contributed by atoms with Crippen LogP contribution in [0.1, 0.15) is 31.2 Å². The van der Waals surface area contributed by atoms with Gasteiger partial charge in [-0.3, -0.25) is 4.79 Å². The first kappa shape index (κ1) is 15.0. The molecule has 0 radical (unpaired) electrons. The molecule has 1 aliphatic rings. The van der Waals surface area contributed by atoms with E-state index in [1.165, 1.54) is 0 Å². The van der Waals surface area contributed by atoms with Crippen LogP contribution in [-0.2, 0) is 11.3 Å². The molecule has 1 fully saturated rings. The molecule has 3 N–H and O–H groups in total. The van der Waals surface area contributed by atoms with Crippen molar-refractivity contribution in [1.82, 2.24) is 4.90 Å². The van der Waals surface area contributed by atoms with E-state index in [0.717, 1.165) is 31.2 Å². The maximum Gasteiger partial charge on any atom is 0.227 e. The number of aliphatic hydroxyl groups is 1. The van der Waals surface area contributed by atoms with E-state index in [2.05, 4.69) is 0 Å². The van der Waals surface area contributed by atoms with E-state index in [1.54, 1.807) is 4.90 Å². The monoisotopic (exact) mass is 276 g/mol. The topological polar surface area (TPSA) is 66.6 Å². The van der Waals surface area contributed by atoms with Gasteiger partial charge < -0.3 is 15.7 Å². The molecule has 1 aromatic rings. The Kier molecular flexibility index (Phi) is 5.56. The predicted octanol–water partition coefficient (Wildman–Crippen LogP) is 1.52. The minimum Gasteiger partial charge on any atom is -0.395 e. The predicted molar refractivity (Wildman–Crippen MR) is 78.9 cm³/mol. The van der Waals surface area contributed by atoms with Gasteiger partial charge >= 0.3 is 0 Å². The van der Waals surface area contributed by atoms with Crippen molar-refractivity contribution in [3.05, 3.63) is 35.9 Å². The summed E-state index contributed by atoms with van der Waals surface area (Å²) in [5, 5.41) is 9.20. The second-order valence-corrected chi connectivity index (χ2v) is 5.52. The molecule has 20 heavy (non-hydrogen) atoms. The number of nitrogens with two attached hydrogens (primary N) is 1. The molecule has 2 atom stereocenters. The van der Waals surface area contributed by atoms with Crippen molar-refractivity contribution in [2.45, 2.75) is 38.3 Å². The summed E-state index contributed by atoms with van der Waals surface area (Å²) in [6.07, 6.45) is 3.98. The van der Waals surface area contributed by atoms with Crippen molar-refractivity contribution in [3.63, 3.8) is 0 Å². The second-order valence-electron chi connectivity index (χ2n) is 5.52. The highest BCUT2D eigenvalue weighted by molar-refractivity contribution is 5.79. The smallest absolute Gasteiger partial charge is 0.227 e. The first-order valence-electron chi connectivity index (χ1n) is 7.41. The largest absolute Gasteiger partial charge is 0.395 e. The number of nitrogens with zero attached hydrogens (tertiary/aromatic N) is 1. The molecule has 2 rings (SSSR count). The molecule has 1 saturated carbocycles. The maximum atomic E-state index is 12.6. The number of carbonyl (C=O) groups is 1. The van der Waals surface area contributed by atoms with Crippen molar-refractivity contribution in [1.29, 1.82) is 0 Å². The molecule has 1 aliphatic carbocycles. The Bertz CT molecular complexity index is 422. The van der Waals surface area contributed by atoms with E-state index >= 15 is 0 Å². The van der Waals surface area contributed by atoms with Gasteiger partial charge in [-0.2, -0.15) is 0 Å². The molecule has 4 nitrogen and oxygen atoms in total. The number of carbonyl (C=O) groups excluding carboxylic acids is 1. The molecular weight excluding hydrogens is 252 g/mol. The highest BCUT2D eigenvalue weighted by Crippen LogP contribution is 2.25. The van der Waals surface area contributed by atoms with Crippen molar-refractivity contribution < 1.29 is 9.90 Å². The van der Waals surface area contributed by atoms with Gasteiger partial charge in [-0.05, 0) is 18.4 Å². The van der Waals surface area contributed by atoms with E-state index < -0.39 is 0 Å². The van der Waals surface area contributed by atoms with Gasteiger partial charge in [0.15, 0.2) is 0 Å².